The molecule has 1 aliphatic heterocycles. The molecule has 0 bridgehead atoms. The van der Waals surface area contributed by atoms with Crippen LogP contribution >= 0.6 is 0 Å². The van der Waals surface area contributed by atoms with E-state index in [2.05, 4.69) is 17.7 Å². The maximum atomic E-state index is 5.70. The molecule has 1 unspecified atom stereocenters. The molecule has 88 valence electrons. The first-order valence-corrected chi connectivity index (χ1v) is 6.17. The number of hydrogen-bond donors (Lipinski definition) is 1. The van der Waals surface area contributed by atoms with Gasteiger partial charge in [0.15, 0.2) is 0 Å². The highest BCUT2D eigenvalue weighted by Crippen LogP contribution is 2.29. The Morgan fingerprint density at radius 2 is 2.06 bits per heavy atom. The molecule has 1 aliphatic rings. The van der Waals surface area contributed by atoms with Crippen molar-refractivity contribution in [2.24, 2.45) is 0 Å². The van der Waals surface area contributed by atoms with E-state index in [4.69, 9.17) is 10.7 Å². The zero-order valence-electron chi connectivity index (χ0n) is 10.1. The summed E-state index contributed by atoms with van der Waals surface area (Å²) in [7, 11) is 0. The third-order valence-corrected chi connectivity index (χ3v) is 3.49. The first-order chi connectivity index (χ1) is 8.24. The van der Waals surface area contributed by atoms with E-state index in [1.807, 2.05) is 24.3 Å². The van der Waals surface area contributed by atoms with Crippen molar-refractivity contribution in [1.82, 2.24) is 9.55 Å². The summed E-state index contributed by atoms with van der Waals surface area (Å²) in [5.74, 6) is 1.80. The largest absolute Gasteiger partial charge is 0.399 e. The van der Waals surface area contributed by atoms with Crippen molar-refractivity contribution in [3.05, 3.63) is 36.3 Å². The van der Waals surface area contributed by atoms with Crippen molar-refractivity contribution in [2.75, 3.05) is 5.73 Å². The minimum Gasteiger partial charge on any atom is -0.399 e. The maximum absolute atomic E-state index is 5.70. The Morgan fingerprint density at radius 3 is 2.76 bits per heavy atom. The van der Waals surface area contributed by atoms with E-state index < -0.39 is 0 Å². The highest BCUT2D eigenvalue weighted by Gasteiger charge is 2.19. The van der Waals surface area contributed by atoms with Gasteiger partial charge < -0.3 is 10.3 Å². The summed E-state index contributed by atoms with van der Waals surface area (Å²) in [5.41, 5.74) is 8.71. The molecule has 2 N–H and O–H groups in total. The van der Waals surface area contributed by atoms with Crippen LogP contribution in [-0.4, -0.2) is 9.55 Å². The predicted molar refractivity (Wildman–Crippen MR) is 69.7 cm³/mol. The molecule has 2 aromatic rings. The monoisotopic (exact) mass is 227 g/mol. The van der Waals surface area contributed by atoms with Crippen LogP contribution in [0.2, 0.25) is 0 Å². The van der Waals surface area contributed by atoms with Crippen LogP contribution in [0.15, 0.2) is 30.5 Å². The van der Waals surface area contributed by atoms with Gasteiger partial charge in [0, 0.05) is 29.9 Å². The third-order valence-electron chi connectivity index (χ3n) is 3.49. The molecule has 3 nitrogen and oxygen atoms in total. The minimum absolute atomic E-state index is 0.575. The molecule has 17 heavy (non-hydrogen) atoms. The number of aromatic nitrogens is 2. The number of aryl methyl sites for hydroxylation is 1. The lowest BCUT2D eigenvalue weighted by Gasteiger charge is -2.19. The van der Waals surface area contributed by atoms with Gasteiger partial charge in [0.25, 0.3) is 0 Å². The lowest BCUT2D eigenvalue weighted by Crippen LogP contribution is -2.12. The van der Waals surface area contributed by atoms with Crippen LogP contribution in [0.3, 0.4) is 0 Å². The van der Waals surface area contributed by atoms with E-state index in [0.717, 1.165) is 23.5 Å². The van der Waals surface area contributed by atoms with Gasteiger partial charge in [-0.15, -0.1) is 0 Å². The van der Waals surface area contributed by atoms with Crippen LogP contribution in [0.5, 0.6) is 0 Å². The molecule has 0 aliphatic carbocycles. The van der Waals surface area contributed by atoms with Crippen LogP contribution < -0.4 is 5.73 Å². The van der Waals surface area contributed by atoms with Gasteiger partial charge in [0.05, 0.1) is 5.69 Å². The number of anilines is 1. The van der Waals surface area contributed by atoms with Gasteiger partial charge in [-0.25, -0.2) is 4.98 Å². The van der Waals surface area contributed by atoms with Crippen molar-refractivity contribution < 1.29 is 0 Å². The molecule has 2 heterocycles. The Bertz CT molecular complexity index is 525. The molecule has 0 fully saturated rings. The molecule has 1 aromatic heterocycles. The normalized spacial score (nSPS) is 19.0. The highest BCUT2D eigenvalue weighted by atomic mass is 15.1. The molecule has 3 rings (SSSR count). The smallest absolute Gasteiger partial charge is 0.112 e. The SMILES string of the molecule is CC1CCCn2cc(-c3ccc(N)cc3)nc21. The topological polar surface area (TPSA) is 43.8 Å². The number of nitrogens with two attached hydrogens (primary N) is 1. The quantitative estimate of drug-likeness (QED) is 0.761. The van der Waals surface area contributed by atoms with Crippen molar-refractivity contribution in [3.63, 3.8) is 0 Å². The molecular formula is C14H17N3. The molecule has 0 amide bonds. The van der Waals surface area contributed by atoms with Gasteiger partial charge in [0.1, 0.15) is 5.82 Å². The Hall–Kier alpha value is -1.77. The van der Waals surface area contributed by atoms with E-state index >= 15 is 0 Å². The number of nitrogen functional groups attached to an aromatic ring is 1. The second kappa shape index (κ2) is 3.91. The zero-order chi connectivity index (χ0) is 11.8. The molecular weight excluding hydrogens is 210 g/mol. The number of imidazole rings is 1. The lowest BCUT2D eigenvalue weighted by molar-refractivity contribution is 0.463. The van der Waals surface area contributed by atoms with Gasteiger partial charge in [0.2, 0.25) is 0 Å². The Morgan fingerprint density at radius 1 is 1.29 bits per heavy atom. The molecule has 0 radical (unpaired) electrons. The van der Waals surface area contributed by atoms with E-state index in [-0.39, 0.29) is 0 Å². The van der Waals surface area contributed by atoms with E-state index in [1.165, 1.54) is 18.7 Å². The van der Waals surface area contributed by atoms with Gasteiger partial charge in [-0.1, -0.05) is 19.1 Å². The fourth-order valence-electron chi connectivity index (χ4n) is 2.49. The summed E-state index contributed by atoms with van der Waals surface area (Å²) in [6, 6.07) is 7.93. The Labute approximate surface area is 101 Å². The van der Waals surface area contributed by atoms with Crippen molar-refractivity contribution in [1.29, 1.82) is 0 Å². The summed E-state index contributed by atoms with van der Waals surface area (Å²) in [5, 5.41) is 0. The van der Waals surface area contributed by atoms with Crippen LogP contribution in [-0.2, 0) is 6.54 Å². The van der Waals surface area contributed by atoms with Crippen molar-refractivity contribution in [3.8, 4) is 11.3 Å². The summed E-state index contributed by atoms with van der Waals surface area (Å²) >= 11 is 0. The maximum Gasteiger partial charge on any atom is 0.112 e. The van der Waals surface area contributed by atoms with Crippen LogP contribution in [0.4, 0.5) is 5.69 Å². The van der Waals surface area contributed by atoms with Crippen molar-refractivity contribution >= 4 is 5.69 Å². The fourth-order valence-corrected chi connectivity index (χ4v) is 2.49. The molecule has 1 atom stereocenters. The number of rotatable bonds is 1. The van der Waals surface area contributed by atoms with E-state index in [0.29, 0.717) is 5.92 Å². The number of hydrogen-bond acceptors (Lipinski definition) is 2. The van der Waals surface area contributed by atoms with Gasteiger partial charge in [-0.2, -0.15) is 0 Å². The van der Waals surface area contributed by atoms with E-state index in [9.17, 15) is 0 Å². The van der Waals surface area contributed by atoms with E-state index in [1.54, 1.807) is 0 Å². The molecule has 1 aromatic carbocycles. The number of nitrogens with zero attached hydrogens (tertiary/aromatic N) is 2. The second-order valence-corrected chi connectivity index (χ2v) is 4.84. The molecule has 0 saturated heterocycles. The molecule has 0 spiro atoms. The number of fused-ring (bicyclic) bond motifs is 1. The second-order valence-electron chi connectivity index (χ2n) is 4.84. The summed E-state index contributed by atoms with van der Waals surface area (Å²) in [4.78, 5) is 4.75. The first-order valence-electron chi connectivity index (χ1n) is 6.17. The van der Waals surface area contributed by atoms with Gasteiger partial charge in [-0.3, -0.25) is 0 Å². The van der Waals surface area contributed by atoms with Crippen molar-refractivity contribution in [2.45, 2.75) is 32.2 Å². The summed E-state index contributed by atoms with van der Waals surface area (Å²) < 4.78 is 2.29. The highest BCUT2D eigenvalue weighted by molar-refractivity contribution is 5.61. The Kier molecular flexibility index (Phi) is 2.39. The summed E-state index contributed by atoms with van der Waals surface area (Å²) in [6.07, 6.45) is 4.67. The molecule has 3 heteroatoms. The lowest BCUT2D eigenvalue weighted by atomic mass is 10.0. The van der Waals surface area contributed by atoms with Crippen LogP contribution in [0, 0.1) is 0 Å². The molecule has 0 saturated carbocycles. The van der Waals surface area contributed by atoms with Gasteiger partial charge >= 0.3 is 0 Å². The summed E-state index contributed by atoms with van der Waals surface area (Å²) in [6.45, 7) is 3.35. The average molecular weight is 227 g/mol. The predicted octanol–water partition coefficient (Wildman–Crippen LogP) is 3.03. The van der Waals surface area contributed by atoms with Crippen LogP contribution in [0.1, 0.15) is 31.5 Å². The standard InChI is InChI=1S/C14H17N3/c1-10-3-2-8-17-9-13(16-14(10)17)11-4-6-12(15)7-5-11/h4-7,9-10H,2-3,8,15H2,1H3. The number of benzene rings is 1. The average Bonchev–Trinajstić information content (AvgIpc) is 2.75. The minimum atomic E-state index is 0.575. The third kappa shape index (κ3) is 1.82. The Balaban J connectivity index is 2.02. The first kappa shape index (κ1) is 10.4. The van der Waals surface area contributed by atoms with Crippen LogP contribution in [0.25, 0.3) is 11.3 Å². The fraction of sp³-hybridized carbons (Fsp3) is 0.357. The zero-order valence-corrected chi connectivity index (χ0v) is 10.1. The van der Waals surface area contributed by atoms with Gasteiger partial charge in [-0.05, 0) is 25.0 Å².